The summed E-state index contributed by atoms with van der Waals surface area (Å²) in [6, 6.07) is 7.13. The highest BCUT2D eigenvalue weighted by molar-refractivity contribution is 5.97. The molecule has 2 aromatic rings. The molecule has 1 amide bonds. The summed E-state index contributed by atoms with van der Waals surface area (Å²) in [4.78, 5) is 29.4. The van der Waals surface area contributed by atoms with Crippen LogP contribution in [0.1, 0.15) is 23.2 Å². The number of amides is 1. The van der Waals surface area contributed by atoms with E-state index in [9.17, 15) is 14.7 Å². The van der Waals surface area contributed by atoms with Gasteiger partial charge >= 0.3 is 0 Å². The van der Waals surface area contributed by atoms with Crippen molar-refractivity contribution in [1.29, 1.82) is 0 Å². The molecule has 0 radical (unpaired) electrons. The van der Waals surface area contributed by atoms with E-state index < -0.39 is 5.60 Å². The van der Waals surface area contributed by atoms with Gasteiger partial charge in [-0.2, -0.15) is 0 Å². The van der Waals surface area contributed by atoms with Crippen LogP contribution in [0, 0.1) is 5.92 Å². The molecule has 0 bridgehead atoms. The third-order valence-corrected chi connectivity index (χ3v) is 4.57. The second kappa shape index (κ2) is 4.18. The minimum absolute atomic E-state index is 0.145. The van der Waals surface area contributed by atoms with Crippen LogP contribution in [0.5, 0.6) is 0 Å². The van der Waals surface area contributed by atoms with E-state index in [2.05, 4.69) is 4.98 Å². The Bertz CT molecular complexity index is 785. The van der Waals surface area contributed by atoms with E-state index in [1.54, 1.807) is 23.1 Å². The van der Waals surface area contributed by atoms with Crippen LogP contribution in [0.4, 0.5) is 0 Å². The molecule has 1 saturated carbocycles. The molecule has 5 heteroatoms. The molecular formula is C16H16N2O3. The van der Waals surface area contributed by atoms with Crippen LogP contribution in [0.25, 0.3) is 10.9 Å². The van der Waals surface area contributed by atoms with Gasteiger partial charge in [-0.1, -0.05) is 12.1 Å². The number of likely N-dealkylation sites (tertiary alicyclic amines) is 1. The lowest BCUT2D eigenvalue weighted by Crippen LogP contribution is -2.65. The predicted molar refractivity (Wildman–Crippen MR) is 78.1 cm³/mol. The second-order valence-electron chi connectivity index (χ2n) is 6.12. The number of rotatable bonds is 2. The van der Waals surface area contributed by atoms with E-state index in [0.29, 0.717) is 24.4 Å². The smallest absolute Gasteiger partial charge is 0.259 e. The minimum atomic E-state index is -0.723. The second-order valence-corrected chi connectivity index (χ2v) is 6.12. The lowest BCUT2D eigenvalue weighted by Gasteiger charge is -2.46. The molecule has 2 N–H and O–H groups in total. The third-order valence-electron chi connectivity index (χ3n) is 4.57. The summed E-state index contributed by atoms with van der Waals surface area (Å²) >= 11 is 0. The average Bonchev–Trinajstić information content (AvgIpc) is 3.29. The fraction of sp³-hybridized carbons (Fsp3) is 0.375. The number of carbonyl (C=O) groups is 1. The monoisotopic (exact) mass is 284 g/mol. The molecule has 5 nitrogen and oxygen atoms in total. The van der Waals surface area contributed by atoms with Gasteiger partial charge in [-0.25, -0.2) is 0 Å². The lowest BCUT2D eigenvalue weighted by molar-refractivity contribution is -0.0958. The van der Waals surface area contributed by atoms with Crippen LogP contribution < -0.4 is 5.43 Å². The van der Waals surface area contributed by atoms with Gasteiger partial charge in [-0.05, 0) is 30.9 Å². The predicted octanol–water partition coefficient (Wildman–Crippen LogP) is 1.12. The number of nitrogens with zero attached hydrogens (tertiary/aromatic N) is 1. The van der Waals surface area contributed by atoms with Crippen LogP contribution >= 0.6 is 0 Å². The summed E-state index contributed by atoms with van der Waals surface area (Å²) < 4.78 is 0. The first kappa shape index (κ1) is 12.6. The summed E-state index contributed by atoms with van der Waals surface area (Å²) in [6.07, 6.45) is 3.55. The minimum Gasteiger partial charge on any atom is -0.386 e. The van der Waals surface area contributed by atoms with Gasteiger partial charge in [0.25, 0.3) is 5.91 Å². The van der Waals surface area contributed by atoms with E-state index in [1.165, 1.54) is 6.20 Å². The number of hydrogen-bond acceptors (Lipinski definition) is 3. The van der Waals surface area contributed by atoms with E-state index in [4.69, 9.17) is 0 Å². The first-order chi connectivity index (χ1) is 10.1. The van der Waals surface area contributed by atoms with Gasteiger partial charge in [-0.15, -0.1) is 0 Å². The van der Waals surface area contributed by atoms with Gasteiger partial charge in [0.1, 0.15) is 11.2 Å². The van der Waals surface area contributed by atoms with Crippen molar-refractivity contribution in [3.63, 3.8) is 0 Å². The Kier molecular flexibility index (Phi) is 2.50. The molecule has 0 unspecified atom stereocenters. The molecule has 2 aliphatic rings. The highest BCUT2D eigenvalue weighted by atomic mass is 16.3. The highest BCUT2D eigenvalue weighted by Crippen LogP contribution is 2.44. The topological polar surface area (TPSA) is 73.4 Å². The number of aromatic amines is 1. The Morgan fingerprint density at radius 2 is 2.00 bits per heavy atom. The number of para-hydroxylation sites is 1. The number of aromatic nitrogens is 1. The van der Waals surface area contributed by atoms with Gasteiger partial charge in [0.15, 0.2) is 0 Å². The number of pyridine rings is 1. The van der Waals surface area contributed by atoms with Gasteiger partial charge in [-0.3, -0.25) is 9.59 Å². The number of nitrogens with one attached hydrogen (secondary N) is 1. The molecule has 1 aliphatic carbocycles. The van der Waals surface area contributed by atoms with Crippen LogP contribution in [-0.2, 0) is 0 Å². The SMILES string of the molecule is O=C(c1c[nH]c2ccccc2c1=O)N1CC(O)(C2CC2)C1. The summed E-state index contributed by atoms with van der Waals surface area (Å²) in [5.41, 5.74) is -0.112. The van der Waals surface area contributed by atoms with Crippen LogP contribution in [0.3, 0.4) is 0 Å². The maximum absolute atomic E-state index is 12.4. The quantitative estimate of drug-likeness (QED) is 0.868. The first-order valence-corrected chi connectivity index (χ1v) is 7.20. The Hall–Kier alpha value is -2.14. The zero-order valence-electron chi connectivity index (χ0n) is 11.5. The highest BCUT2D eigenvalue weighted by Gasteiger charge is 2.53. The molecule has 1 aromatic carbocycles. The Morgan fingerprint density at radius 1 is 1.29 bits per heavy atom. The molecule has 0 atom stereocenters. The van der Waals surface area contributed by atoms with Crippen molar-refractivity contribution in [3.05, 3.63) is 46.2 Å². The zero-order chi connectivity index (χ0) is 14.6. The molecule has 1 aromatic heterocycles. The maximum atomic E-state index is 12.4. The number of β-amino-alcohol motifs (C(OH)–C–C–N with tert-alkyl or cyclic N) is 1. The standard InChI is InChI=1S/C16H16N2O3/c19-14-11-3-1-2-4-13(11)17-7-12(14)15(20)18-8-16(21,9-18)10-5-6-10/h1-4,7,10,21H,5-6,8-9H2,(H,17,19). The van der Waals surface area contributed by atoms with Gasteiger partial charge in [0.05, 0.1) is 13.1 Å². The van der Waals surface area contributed by atoms with Gasteiger partial charge in [0, 0.05) is 17.1 Å². The van der Waals surface area contributed by atoms with Crippen molar-refractivity contribution in [2.75, 3.05) is 13.1 Å². The van der Waals surface area contributed by atoms with Gasteiger partial charge < -0.3 is 15.0 Å². The van der Waals surface area contributed by atoms with E-state index in [0.717, 1.165) is 18.4 Å². The molecule has 108 valence electrons. The summed E-state index contributed by atoms with van der Waals surface area (Å²) in [7, 11) is 0. The maximum Gasteiger partial charge on any atom is 0.259 e. The number of H-pyrrole nitrogens is 1. The van der Waals surface area contributed by atoms with Crippen LogP contribution in [-0.4, -0.2) is 39.6 Å². The fourth-order valence-corrected chi connectivity index (χ4v) is 3.13. The van der Waals surface area contributed by atoms with Crippen molar-refractivity contribution in [3.8, 4) is 0 Å². The summed E-state index contributed by atoms with van der Waals surface area (Å²) in [5, 5.41) is 10.8. The van der Waals surface area contributed by atoms with Crippen molar-refractivity contribution in [1.82, 2.24) is 9.88 Å². The fourth-order valence-electron chi connectivity index (χ4n) is 3.13. The Morgan fingerprint density at radius 3 is 2.71 bits per heavy atom. The summed E-state index contributed by atoms with van der Waals surface area (Å²) in [6.45, 7) is 0.672. The van der Waals surface area contributed by atoms with Crippen molar-refractivity contribution in [2.24, 2.45) is 5.92 Å². The molecule has 1 aliphatic heterocycles. The average molecular weight is 284 g/mol. The molecule has 2 fully saturated rings. The van der Waals surface area contributed by atoms with E-state index in [-0.39, 0.29) is 16.9 Å². The number of hydrogen-bond donors (Lipinski definition) is 2. The van der Waals surface area contributed by atoms with Crippen molar-refractivity contribution < 1.29 is 9.90 Å². The molecule has 21 heavy (non-hydrogen) atoms. The molecular weight excluding hydrogens is 268 g/mol. The van der Waals surface area contributed by atoms with Crippen molar-refractivity contribution in [2.45, 2.75) is 18.4 Å². The number of aliphatic hydroxyl groups is 1. The van der Waals surface area contributed by atoms with Crippen LogP contribution in [0.2, 0.25) is 0 Å². The number of carbonyl (C=O) groups excluding carboxylic acids is 1. The Labute approximate surface area is 121 Å². The van der Waals surface area contributed by atoms with E-state index in [1.807, 2.05) is 6.07 Å². The Balaban J connectivity index is 1.63. The zero-order valence-corrected chi connectivity index (χ0v) is 11.5. The third kappa shape index (κ3) is 1.88. The molecule has 1 saturated heterocycles. The summed E-state index contributed by atoms with van der Waals surface area (Å²) in [5.74, 6) is 0.0313. The number of fused-ring (bicyclic) bond motifs is 1. The van der Waals surface area contributed by atoms with Crippen LogP contribution in [0.15, 0.2) is 35.3 Å². The number of benzene rings is 1. The van der Waals surface area contributed by atoms with Gasteiger partial charge in [0.2, 0.25) is 5.43 Å². The molecule has 4 rings (SSSR count). The van der Waals surface area contributed by atoms with Crippen molar-refractivity contribution >= 4 is 16.8 Å². The van der Waals surface area contributed by atoms with E-state index >= 15 is 0 Å². The largest absolute Gasteiger partial charge is 0.386 e. The molecule has 2 heterocycles. The lowest BCUT2D eigenvalue weighted by atomic mass is 9.88. The molecule has 0 spiro atoms. The first-order valence-electron chi connectivity index (χ1n) is 7.20. The normalized spacial score (nSPS) is 20.3.